The molecule has 2 bridgehead atoms. The van der Waals surface area contributed by atoms with Crippen molar-refractivity contribution in [1.29, 1.82) is 0 Å². The van der Waals surface area contributed by atoms with E-state index in [2.05, 4.69) is 10.6 Å². The van der Waals surface area contributed by atoms with Crippen LogP contribution < -0.4 is 10.6 Å². The highest BCUT2D eigenvalue weighted by atomic mass is 16.5. The molecule has 2 saturated carbocycles. The number of nitrogens with one attached hydrogen (secondary N) is 2. The van der Waals surface area contributed by atoms with Crippen LogP contribution in [0.15, 0.2) is 24.3 Å². The molecule has 2 amide bonds. The third-order valence-corrected chi connectivity index (χ3v) is 5.97. The van der Waals surface area contributed by atoms with Crippen LogP contribution in [-0.4, -0.2) is 37.0 Å². The summed E-state index contributed by atoms with van der Waals surface area (Å²) in [7, 11) is 0. The molecule has 4 atom stereocenters. The number of ether oxygens (including phenoxy) is 1. The maximum Gasteiger partial charge on any atom is 0.325 e. The number of hydrogen-bond acceptors (Lipinski definition) is 4. The van der Waals surface area contributed by atoms with Gasteiger partial charge >= 0.3 is 5.97 Å². The van der Waals surface area contributed by atoms with E-state index in [1.54, 1.807) is 12.1 Å². The molecule has 1 aromatic carbocycles. The first-order valence-corrected chi connectivity index (χ1v) is 9.73. The zero-order valence-corrected chi connectivity index (χ0v) is 16.0. The Bertz CT molecular complexity index is 718. The standard InChI is InChI=1S/C21H28N2O4/c1-13-5-3-4-6-17(13)21(26)22-11-20(25)27-12-19(24)23-14(2)18-10-15-7-8-16(18)9-15/h3-6,14-16,18H,7-12H2,1-2H3,(H,22,26)(H,23,24)/t14-,15-,16-,18+/m1/s1. The van der Waals surface area contributed by atoms with Crippen LogP contribution in [0.3, 0.4) is 0 Å². The van der Waals surface area contributed by atoms with Gasteiger partial charge in [-0.2, -0.15) is 0 Å². The van der Waals surface area contributed by atoms with Gasteiger partial charge in [-0.05, 0) is 62.5 Å². The molecular formula is C21H28N2O4. The predicted octanol–water partition coefficient (Wildman–Crippen LogP) is 2.21. The molecule has 146 valence electrons. The van der Waals surface area contributed by atoms with E-state index < -0.39 is 5.97 Å². The topological polar surface area (TPSA) is 84.5 Å². The first kappa shape index (κ1) is 19.4. The summed E-state index contributed by atoms with van der Waals surface area (Å²) in [4.78, 5) is 35.9. The van der Waals surface area contributed by atoms with Crippen LogP contribution >= 0.6 is 0 Å². The van der Waals surface area contributed by atoms with Gasteiger partial charge in [-0.1, -0.05) is 24.6 Å². The van der Waals surface area contributed by atoms with Crippen LogP contribution in [0.2, 0.25) is 0 Å². The van der Waals surface area contributed by atoms with E-state index in [1.165, 1.54) is 25.7 Å². The van der Waals surface area contributed by atoms with E-state index in [0.29, 0.717) is 11.5 Å². The summed E-state index contributed by atoms with van der Waals surface area (Å²) < 4.78 is 4.98. The Morgan fingerprint density at radius 3 is 2.63 bits per heavy atom. The number of rotatable bonds is 7. The number of amides is 2. The van der Waals surface area contributed by atoms with Crippen LogP contribution in [0, 0.1) is 24.7 Å². The number of carbonyl (C=O) groups is 3. The minimum atomic E-state index is -0.625. The highest BCUT2D eigenvalue weighted by Gasteiger charge is 2.42. The van der Waals surface area contributed by atoms with Gasteiger partial charge in [-0.15, -0.1) is 0 Å². The number of aryl methyl sites for hydroxylation is 1. The molecule has 0 radical (unpaired) electrons. The Morgan fingerprint density at radius 1 is 1.19 bits per heavy atom. The fourth-order valence-corrected chi connectivity index (χ4v) is 4.58. The second-order valence-electron chi connectivity index (χ2n) is 7.85. The van der Waals surface area contributed by atoms with E-state index in [1.807, 2.05) is 26.0 Å². The lowest BCUT2D eigenvalue weighted by Crippen LogP contribution is -2.42. The lowest BCUT2D eigenvalue weighted by Gasteiger charge is -2.28. The first-order chi connectivity index (χ1) is 12.9. The summed E-state index contributed by atoms with van der Waals surface area (Å²) in [5.74, 6) is 0.846. The molecule has 0 heterocycles. The number of hydrogen-bond donors (Lipinski definition) is 2. The molecule has 0 saturated heterocycles. The van der Waals surface area contributed by atoms with Gasteiger partial charge in [0.1, 0.15) is 6.54 Å². The molecule has 3 rings (SSSR count). The molecule has 0 spiro atoms. The number of esters is 1. The maximum atomic E-state index is 12.1. The number of benzene rings is 1. The molecule has 2 aliphatic rings. The van der Waals surface area contributed by atoms with E-state index in [4.69, 9.17) is 4.74 Å². The van der Waals surface area contributed by atoms with E-state index >= 15 is 0 Å². The van der Waals surface area contributed by atoms with Crippen molar-refractivity contribution in [3.05, 3.63) is 35.4 Å². The third kappa shape index (κ3) is 4.87. The van der Waals surface area contributed by atoms with E-state index in [9.17, 15) is 14.4 Å². The quantitative estimate of drug-likeness (QED) is 0.719. The highest BCUT2D eigenvalue weighted by Crippen LogP contribution is 2.49. The van der Waals surface area contributed by atoms with Crippen LogP contribution in [-0.2, 0) is 14.3 Å². The SMILES string of the molecule is Cc1ccccc1C(=O)NCC(=O)OCC(=O)N[C@H](C)[C@@H]1C[C@@H]2CC[C@@H]1C2. The van der Waals surface area contributed by atoms with Crippen LogP contribution in [0.5, 0.6) is 0 Å². The Kier molecular flexibility index (Phi) is 6.14. The zero-order chi connectivity index (χ0) is 19.4. The monoisotopic (exact) mass is 372 g/mol. The summed E-state index contributed by atoms with van der Waals surface area (Å²) in [6, 6.07) is 7.24. The first-order valence-electron chi connectivity index (χ1n) is 9.73. The van der Waals surface area contributed by atoms with Gasteiger partial charge in [0.05, 0.1) is 0 Å². The molecule has 6 nitrogen and oxygen atoms in total. The Labute approximate surface area is 160 Å². The van der Waals surface area contributed by atoms with Gasteiger partial charge in [0.15, 0.2) is 6.61 Å². The van der Waals surface area contributed by atoms with Crippen LogP contribution in [0.4, 0.5) is 0 Å². The molecule has 2 fully saturated rings. The van der Waals surface area contributed by atoms with Crippen LogP contribution in [0.1, 0.15) is 48.5 Å². The molecule has 27 heavy (non-hydrogen) atoms. The third-order valence-electron chi connectivity index (χ3n) is 5.97. The molecule has 0 aromatic heterocycles. The van der Waals surface area contributed by atoms with Gasteiger partial charge in [-0.25, -0.2) is 0 Å². The summed E-state index contributed by atoms with van der Waals surface area (Å²) in [6.45, 7) is 3.29. The van der Waals surface area contributed by atoms with Crippen molar-refractivity contribution in [2.75, 3.05) is 13.2 Å². The van der Waals surface area contributed by atoms with Gasteiger partial charge in [0.25, 0.3) is 11.8 Å². The van der Waals surface area contributed by atoms with Crippen molar-refractivity contribution in [1.82, 2.24) is 10.6 Å². The van der Waals surface area contributed by atoms with Crippen molar-refractivity contribution >= 4 is 17.8 Å². The fourth-order valence-electron chi connectivity index (χ4n) is 4.58. The van der Waals surface area contributed by atoms with Crippen molar-refractivity contribution in [3.8, 4) is 0 Å². The zero-order valence-electron chi connectivity index (χ0n) is 16.0. The summed E-state index contributed by atoms with van der Waals surface area (Å²) in [6.07, 6.45) is 5.08. The second-order valence-corrected chi connectivity index (χ2v) is 7.85. The summed E-state index contributed by atoms with van der Waals surface area (Å²) in [5.41, 5.74) is 1.35. The minimum absolute atomic E-state index is 0.104. The van der Waals surface area contributed by atoms with Crippen molar-refractivity contribution in [2.45, 2.75) is 45.6 Å². The normalized spacial score (nSPS) is 24.3. The highest BCUT2D eigenvalue weighted by molar-refractivity contribution is 5.97. The lowest BCUT2D eigenvalue weighted by molar-refractivity contribution is -0.147. The molecule has 6 heteroatoms. The molecule has 1 aromatic rings. The second kappa shape index (κ2) is 8.55. The van der Waals surface area contributed by atoms with E-state index in [0.717, 1.165) is 17.4 Å². The average Bonchev–Trinajstić information content (AvgIpc) is 3.28. The Hall–Kier alpha value is -2.37. The molecule has 0 unspecified atom stereocenters. The smallest absolute Gasteiger partial charge is 0.325 e. The van der Waals surface area contributed by atoms with Gasteiger partial charge in [0.2, 0.25) is 0 Å². The predicted molar refractivity (Wildman–Crippen MR) is 101 cm³/mol. The lowest BCUT2D eigenvalue weighted by atomic mass is 9.84. The van der Waals surface area contributed by atoms with Crippen molar-refractivity contribution in [3.63, 3.8) is 0 Å². The van der Waals surface area contributed by atoms with Crippen LogP contribution in [0.25, 0.3) is 0 Å². The fraction of sp³-hybridized carbons (Fsp3) is 0.571. The van der Waals surface area contributed by atoms with E-state index in [-0.39, 0.29) is 31.0 Å². The molecule has 2 N–H and O–H groups in total. The Morgan fingerprint density at radius 2 is 1.96 bits per heavy atom. The van der Waals surface area contributed by atoms with Gasteiger partial charge in [0, 0.05) is 11.6 Å². The van der Waals surface area contributed by atoms with Crippen molar-refractivity contribution < 1.29 is 19.1 Å². The Balaban J connectivity index is 1.35. The number of fused-ring (bicyclic) bond motifs is 2. The largest absolute Gasteiger partial charge is 0.454 e. The molecule has 0 aliphatic heterocycles. The maximum absolute atomic E-state index is 12.1. The van der Waals surface area contributed by atoms with Crippen molar-refractivity contribution in [2.24, 2.45) is 17.8 Å². The molecular weight excluding hydrogens is 344 g/mol. The number of carbonyl (C=O) groups excluding carboxylic acids is 3. The summed E-state index contributed by atoms with van der Waals surface area (Å²) >= 11 is 0. The van der Waals surface area contributed by atoms with Gasteiger partial charge in [-0.3, -0.25) is 14.4 Å². The van der Waals surface area contributed by atoms with Gasteiger partial charge < -0.3 is 15.4 Å². The minimum Gasteiger partial charge on any atom is -0.454 e. The summed E-state index contributed by atoms with van der Waals surface area (Å²) in [5, 5.41) is 5.48. The molecule has 2 aliphatic carbocycles. The average molecular weight is 372 g/mol.